The van der Waals surface area contributed by atoms with Gasteiger partial charge in [-0.3, -0.25) is 14.6 Å². The molecule has 3 rings (SSSR count). The van der Waals surface area contributed by atoms with Gasteiger partial charge in [0.15, 0.2) is 0 Å². The van der Waals surface area contributed by atoms with Crippen molar-refractivity contribution >= 4 is 50.3 Å². The third-order valence-electron chi connectivity index (χ3n) is 3.65. The Hall–Kier alpha value is -2.19. The van der Waals surface area contributed by atoms with Gasteiger partial charge in [-0.1, -0.05) is 31.5 Å². The van der Waals surface area contributed by atoms with E-state index in [2.05, 4.69) is 15.8 Å². The van der Waals surface area contributed by atoms with Crippen LogP contribution in [-0.4, -0.2) is 29.2 Å². The van der Waals surface area contributed by atoms with E-state index < -0.39 is 0 Å². The van der Waals surface area contributed by atoms with Gasteiger partial charge in [-0.15, -0.1) is 11.3 Å². The van der Waals surface area contributed by atoms with Crippen LogP contribution in [0.1, 0.15) is 35.5 Å². The van der Waals surface area contributed by atoms with Crippen molar-refractivity contribution in [2.75, 3.05) is 18.5 Å². The van der Waals surface area contributed by atoms with Crippen molar-refractivity contribution in [3.63, 3.8) is 0 Å². The summed E-state index contributed by atoms with van der Waals surface area (Å²) in [4.78, 5) is 22.3. The van der Waals surface area contributed by atoms with Crippen molar-refractivity contribution in [3.05, 3.63) is 52.1 Å². The van der Waals surface area contributed by atoms with Crippen LogP contribution in [0.3, 0.4) is 0 Å². The van der Waals surface area contributed by atoms with Gasteiger partial charge in [0, 0.05) is 29.1 Å². The van der Waals surface area contributed by atoms with Crippen LogP contribution >= 0.6 is 22.9 Å². The van der Waals surface area contributed by atoms with Crippen LogP contribution in [0.4, 0.5) is 11.4 Å². The molecule has 0 saturated heterocycles. The first-order chi connectivity index (χ1) is 13.6. The van der Waals surface area contributed by atoms with Crippen LogP contribution in [0.2, 0.25) is 5.02 Å². The van der Waals surface area contributed by atoms with Gasteiger partial charge in [-0.05, 0) is 37.1 Å². The Morgan fingerprint density at radius 2 is 2.11 bits per heavy atom. The molecule has 0 aliphatic carbocycles. The lowest BCUT2D eigenvalue weighted by Crippen LogP contribution is -2.24. The first-order valence-electron chi connectivity index (χ1n) is 9.03. The van der Waals surface area contributed by atoms with Gasteiger partial charge in [0.1, 0.15) is 4.88 Å². The minimum atomic E-state index is -0.366. The number of hydrogen-bond acceptors (Lipinski definition) is 6. The van der Waals surface area contributed by atoms with Gasteiger partial charge < -0.3 is 10.4 Å². The van der Waals surface area contributed by atoms with Crippen LogP contribution in [-0.2, 0) is 4.84 Å². The molecule has 28 heavy (non-hydrogen) atoms. The van der Waals surface area contributed by atoms with Gasteiger partial charge in [0.25, 0.3) is 5.91 Å². The fraction of sp³-hybridized carbons (Fsp3) is 0.300. The summed E-state index contributed by atoms with van der Waals surface area (Å²) in [7, 11) is 0. The normalized spacial score (nSPS) is 10.3. The molecular formula is C20H24ClN3O3S. The summed E-state index contributed by atoms with van der Waals surface area (Å²) in [5.74, 6) is -0.366. The number of halogens is 1. The smallest absolute Gasteiger partial charge is 0.287 e. The fourth-order valence-corrected chi connectivity index (χ4v) is 3.67. The molecule has 0 saturated carbocycles. The molecule has 1 aromatic carbocycles. The van der Waals surface area contributed by atoms with Crippen LogP contribution in [0, 0.1) is 6.92 Å². The number of nitrogens with one attached hydrogen (secondary N) is 2. The van der Waals surface area contributed by atoms with E-state index in [1.165, 1.54) is 11.3 Å². The molecule has 150 valence electrons. The number of thiophene rings is 1. The molecule has 3 N–H and O–H groups in total. The number of hydroxylamine groups is 1. The van der Waals surface area contributed by atoms with Gasteiger partial charge in [0.2, 0.25) is 0 Å². The predicted octanol–water partition coefficient (Wildman–Crippen LogP) is 5.07. The largest absolute Gasteiger partial charge is 0.396 e. The van der Waals surface area contributed by atoms with E-state index in [9.17, 15) is 4.79 Å². The number of aromatic nitrogens is 1. The number of benzene rings is 1. The molecule has 2 heterocycles. The second kappa shape index (κ2) is 11.0. The minimum absolute atomic E-state index is 0.00313. The lowest BCUT2D eigenvalue weighted by Gasteiger charge is -2.11. The highest BCUT2D eigenvalue weighted by Gasteiger charge is 2.20. The van der Waals surface area contributed by atoms with Crippen molar-refractivity contribution in [1.82, 2.24) is 10.5 Å². The van der Waals surface area contributed by atoms with Crippen molar-refractivity contribution in [1.29, 1.82) is 0 Å². The molecule has 0 spiro atoms. The first-order valence-corrected chi connectivity index (χ1v) is 10.2. The average Bonchev–Trinajstić information content (AvgIpc) is 3.07. The van der Waals surface area contributed by atoms with E-state index in [1.54, 1.807) is 12.4 Å². The molecule has 0 atom stereocenters. The Morgan fingerprint density at radius 3 is 2.82 bits per heavy atom. The molecule has 0 aliphatic heterocycles. The highest BCUT2D eigenvalue weighted by Crippen LogP contribution is 2.38. The van der Waals surface area contributed by atoms with Gasteiger partial charge in [-0.2, -0.15) is 0 Å². The van der Waals surface area contributed by atoms with Crippen molar-refractivity contribution in [3.8, 4) is 0 Å². The SMILES string of the molecule is CC.Cc1ccc(Nc2c(C(=O)NOCCCO)sc3ccncc23)c(Cl)c1. The number of hydrogen-bond donors (Lipinski definition) is 3. The molecular weight excluding hydrogens is 398 g/mol. The lowest BCUT2D eigenvalue weighted by molar-refractivity contribution is 0.0266. The van der Waals surface area contributed by atoms with Crippen molar-refractivity contribution < 1.29 is 14.7 Å². The van der Waals surface area contributed by atoms with Crippen LogP contribution in [0.15, 0.2) is 36.7 Å². The summed E-state index contributed by atoms with van der Waals surface area (Å²) in [6.07, 6.45) is 3.83. The maximum Gasteiger partial charge on any atom is 0.287 e. The number of amides is 1. The molecule has 1 amide bonds. The second-order valence-corrected chi connectivity index (χ2v) is 7.10. The molecule has 0 bridgehead atoms. The summed E-state index contributed by atoms with van der Waals surface area (Å²) in [5.41, 5.74) is 4.80. The summed E-state index contributed by atoms with van der Waals surface area (Å²) in [5, 5.41) is 13.4. The Morgan fingerprint density at radius 1 is 1.32 bits per heavy atom. The number of carbonyl (C=O) groups is 1. The number of anilines is 2. The number of rotatable bonds is 7. The second-order valence-electron chi connectivity index (χ2n) is 5.64. The van der Waals surface area contributed by atoms with Crippen molar-refractivity contribution in [2.45, 2.75) is 27.2 Å². The van der Waals surface area contributed by atoms with E-state index in [-0.39, 0.29) is 19.1 Å². The monoisotopic (exact) mass is 421 g/mol. The van der Waals surface area contributed by atoms with E-state index >= 15 is 0 Å². The number of nitrogens with zero attached hydrogens (tertiary/aromatic N) is 1. The number of carbonyl (C=O) groups excluding carboxylic acids is 1. The van der Waals surface area contributed by atoms with E-state index in [4.69, 9.17) is 21.5 Å². The number of fused-ring (bicyclic) bond motifs is 1. The number of aliphatic hydroxyl groups is 1. The quantitative estimate of drug-likeness (QED) is 0.366. The summed E-state index contributed by atoms with van der Waals surface area (Å²) in [6, 6.07) is 7.52. The summed E-state index contributed by atoms with van der Waals surface area (Å²) >= 11 is 7.66. The zero-order valence-electron chi connectivity index (χ0n) is 16.1. The zero-order valence-corrected chi connectivity index (χ0v) is 17.7. The predicted molar refractivity (Wildman–Crippen MR) is 116 cm³/mol. The molecule has 0 fully saturated rings. The molecule has 6 nitrogen and oxygen atoms in total. The Kier molecular flexibility index (Phi) is 8.66. The zero-order chi connectivity index (χ0) is 20.5. The Labute approximate surface area is 173 Å². The standard InChI is InChI=1S/C18H18ClN3O3S.C2H6/c1-11-3-4-14(13(19)9-11)21-16-12-10-20-6-5-15(12)26-17(16)18(24)22-25-8-2-7-23;1-2/h3-6,9-10,21,23H,2,7-8H2,1H3,(H,22,24);1-2H3. The van der Waals surface area contributed by atoms with Gasteiger partial charge in [0.05, 0.1) is 23.0 Å². The third kappa shape index (κ3) is 5.42. The highest BCUT2D eigenvalue weighted by molar-refractivity contribution is 7.21. The molecule has 0 radical (unpaired) electrons. The minimum Gasteiger partial charge on any atom is -0.396 e. The first kappa shape index (κ1) is 22.1. The molecule has 3 aromatic rings. The maximum absolute atomic E-state index is 12.5. The third-order valence-corrected chi connectivity index (χ3v) is 5.13. The van der Waals surface area contributed by atoms with Gasteiger partial charge >= 0.3 is 0 Å². The number of aliphatic hydroxyl groups excluding tert-OH is 1. The van der Waals surface area contributed by atoms with E-state index in [1.807, 2.05) is 45.0 Å². The van der Waals surface area contributed by atoms with Crippen LogP contribution < -0.4 is 10.8 Å². The molecule has 0 aliphatic rings. The summed E-state index contributed by atoms with van der Waals surface area (Å²) < 4.78 is 0.922. The van der Waals surface area contributed by atoms with E-state index in [0.29, 0.717) is 27.7 Å². The maximum atomic E-state index is 12.5. The fourth-order valence-electron chi connectivity index (χ4n) is 2.38. The summed E-state index contributed by atoms with van der Waals surface area (Å²) in [6.45, 7) is 6.20. The average molecular weight is 422 g/mol. The Balaban J connectivity index is 0.00000136. The number of aryl methyl sites for hydroxylation is 1. The Bertz CT molecular complexity index is 930. The molecule has 8 heteroatoms. The highest BCUT2D eigenvalue weighted by atomic mass is 35.5. The van der Waals surface area contributed by atoms with Crippen LogP contribution in [0.5, 0.6) is 0 Å². The number of pyridine rings is 1. The molecule has 2 aromatic heterocycles. The van der Waals surface area contributed by atoms with Crippen LogP contribution in [0.25, 0.3) is 10.1 Å². The molecule has 0 unspecified atom stereocenters. The van der Waals surface area contributed by atoms with E-state index in [0.717, 1.165) is 15.6 Å². The van der Waals surface area contributed by atoms with Gasteiger partial charge in [-0.25, -0.2) is 5.48 Å². The van der Waals surface area contributed by atoms with Crippen molar-refractivity contribution in [2.24, 2.45) is 0 Å². The lowest BCUT2D eigenvalue weighted by atomic mass is 10.2. The topological polar surface area (TPSA) is 83.5 Å².